The minimum absolute atomic E-state index is 0.216. The summed E-state index contributed by atoms with van der Waals surface area (Å²) in [4.78, 5) is 0. The summed E-state index contributed by atoms with van der Waals surface area (Å²) in [5.41, 5.74) is 3.83. The maximum absolute atomic E-state index is 13.6. The van der Waals surface area contributed by atoms with Crippen molar-refractivity contribution in [3.63, 3.8) is 0 Å². The van der Waals surface area contributed by atoms with E-state index in [2.05, 4.69) is 5.43 Å². The summed E-state index contributed by atoms with van der Waals surface area (Å²) < 4.78 is 18.5. The van der Waals surface area contributed by atoms with Crippen molar-refractivity contribution < 1.29 is 9.13 Å². The molecule has 0 aromatic heterocycles. The minimum atomic E-state index is -0.313. The van der Waals surface area contributed by atoms with Crippen LogP contribution in [0.15, 0.2) is 18.2 Å². The van der Waals surface area contributed by atoms with Gasteiger partial charge in [0.15, 0.2) is 11.6 Å². The Kier molecular flexibility index (Phi) is 4.86. The van der Waals surface area contributed by atoms with Crippen molar-refractivity contribution in [3.05, 3.63) is 29.6 Å². The van der Waals surface area contributed by atoms with Crippen molar-refractivity contribution in [2.24, 2.45) is 11.8 Å². The van der Waals surface area contributed by atoms with E-state index in [1.165, 1.54) is 25.3 Å². The van der Waals surface area contributed by atoms with E-state index in [-0.39, 0.29) is 17.6 Å². The van der Waals surface area contributed by atoms with Gasteiger partial charge in [0.25, 0.3) is 0 Å². The second-order valence-electron chi connectivity index (χ2n) is 4.57. The topological polar surface area (TPSA) is 47.3 Å². The van der Waals surface area contributed by atoms with Crippen molar-refractivity contribution in [3.8, 4) is 5.75 Å². The van der Waals surface area contributed by atoms with Gasteiger partial charge in [-0.1, -0.05) is 6.07 Å². The highest BCUT2D eigenvalue weighted by Gasteiger charge is 2.24. The van der Waals surface area contributed by atoms with Crippen LogP contribution in [0.1, 0.15) is 12.0 Å². The minimum Gasteiger partial charge on any atom is -0.494 e. The highest BCUT2D eigenvalue weighted by Crippen LogP contribution is 2.28. The van der Waals surface area contributed by atoms with E-state index in [0.29, 0.717) is 5.92 Å². The molecule has 0 amide bonds. The molecule has 2 unspecified atom stereocenters. The van der Waals surface area contributed by atoms with Crippen molar-refractivity contribution >= 4 is 11.8 Å². The molecular weight excluding hydrogens is 251 g/mol. The molecule has 1 aromatic rings. The number of rotatable bonds is 5. The average molecular weight is 270 g/mol. The first-order chi connectivity index (χ1) is 8.74. The Morgan fingerprint density at radius 1 is 1.61 bits per heavy atom. The number of hydrazine groups is 1. The molecule has 1 heterocycles. The summed E-state index contributed by atoms with van der Waals surface area (Å²) in [6.45, 7) is 0. The van der Waals surface area contributed by atoms with Crippen LogP contribution in [0, 0.1) is 11.7 Å². The smallest absolute Gasteiger partial charge is 0.165 e. The Labute approximate surface area is 111 Å². The molecule has 3 nitrogen and oxygen atoms in total. The Bertz CT molecular complexity index is 397. The predicted octanol–water partition coefficient (Wildman–Crippen LogP) is 1.96. The first kappa shape index (κ1) is 13.6. The van der Waals surface area contributed by atoms with Gasteiger partial charge in [0.1, 0.15) is 0 Å². The van der Waals surface area contributed by atoms with Gasteiger partial charge in [-0.05, 0) is 48.0 Å². The van der Waals surface area contributed by atoms with Crippen molar-refractivity contribution in [1.82, 2.24) is 5.43 Å². The zero-order chi connectivity index (χ0) is 13.0. The summed E-state index contributed by atoms with van der Waals surface area (Å²) in [6.07, 6.45) is 1.93. The highest BCUT2D eigenvalue weighted by atomic mass is 32.2. The molecule has 1 fully saturated rings. The second kappa shape index (κ2) is 6.41. The highest BCUT2D eigenvalue weighted by molar-refractivity contribution is 7.99. The van der Waals surface area contributed by atoms with E-state index < -0.39 is 0 Å². The van der Waals surface area contributed by atoms with Crippen LogP contribution in [-0.2, 0) is 6.42 Å². The van der Waals surface area contributed by atoms with Crippen molar-refractivity contribution in [2.75, 3.05) is 18.6 Å². The quantitative estimate of drug-likeness (QED) is 0.634. The predicted molar refractivity (Wildman–Crippen MR) is 73.2 cm³/mol. The molecule has 0 spiro atoms. The van der Waals surface area contributed by atoms with Crippen LogP contribution in [0.5, 0.6) is 5.75 Å². The van der Waals surface area contributed by atoms with Crippen LogP contribution in [0.3, 0.4) is 0 Å². The fraction of sp³-hybridized carbons (Fsp3) is 0.538. The molecule has 18 heavy (non-hydrogen) atoms. The van der Waals surface area contributed by atoms with Gasteiger partial charge in [0.05, 0.1) is 7.11 Å². The lowest BCUT2D eigenvalue weighted by molar-refractivity contribution is 0.379. The fourth-order valence-corrected chi connectivity index (χ4v) is 3.66. The summed E-state index contributed by atoms with van der Waals surface area (Å²) >= 11 is 1.96. The number of benzene rings is 1. The summed E-state index contributed by atoms with van der Waals surface area (Å²) in [7, 11) is 1.47. The zero-order valence-electron chi connectivity index (χ0n) is 10.5. The summed E-state index contributed by atoms with van der Waals surface area (Å²) in [5.74, 6) is 8.49. The van der Waals surface area contributed by atoms with Gasteiger partial charge in [0, 0.05) is 6.04 Å². The van der Waals surface area contributed by atoms with E-state index in [1.54, 1.807) is 6.07 Å². The molecular formula is C13H19FN2OS. The number of nitrogens with two attached hydrogens (primary N) is 1. The molecule has 0 radical (unpaired) electrons. The number of hydrogen-bond donors (Lipinski definition) is 2. The van der Waals surface area contributed by atoms with E-state index in [9.17, 15) is 4.39 Å². The lowest BCUT2D eigenvalue weighted by atomic mass is 9.93. The molecule has 2 rings (SSSR count). The fourth-order valence-electron chi connectivity index (χ4n) is 2.32. The summed E-state index contributed by atoms with van der Waals surface area (Å²) in [5, 5.41) is 0. The van der Waals surface area contributed by atoms with E-state index in [0.717, 1.165) is 17.7 Å². The third-order valence-electron chi connectivity index (χ3n) is 3.42. The van der Waals surface area contributed by atoms with Gasteiger partial charge in [-0.15, -0.1) is 0 Å². The molecule has 5 heteroatoms. The largest absolute Gasteiger partial charge is 0.494 e. The second-order valence-corrected chi connectivity index (χ2v) is 5.72. The molecule has 1 saturated heterocycles. The van der Waals surface area contributed by atoms with Gasteiger partial charge < -0.3 is 4.74 Å². The van der Waals surface area contributed by atoms with Crippen molar-refractivity contribution in [2.45, 2.75) is 18.9 Å². The number of ether oxygens (including phenoxy) is 1. The number of thioether (sulfide) groups is 1. The standard InChI is InChI=1S/C13H19FN2OS/c1-17-13-3-2-9(6-11(13)14)7-12(16-15)10-4-5-18-8-10/h2-3,6,10,12,16H,4-5,7-8,15H2,1H3. The Morgan fingerprint density at radius 2 is 2.44 bits per heavy atom. The first-order valence-electron chi connectivity index (χ1n) is 6.11. The van der Waals surface area contributed by atoms with Gasteiger partial charge in [-0.2, -0.15) is 11.8 Å². The van der Waals surface area contributed by atoms with Gasteiger partial charge in [0.2, 0.25) is 0 Å². The van der Waals surface area contributed by atoms with E-state index in [4.69, 9.17) is 10.6 Å². The zero-order valence-corrected chi connectivity index (χ0v) is 11.3. The SMILES string of the molecule is COc1ccc(CC(NN)C2CCSC2)cc1F. The van der Waals surface area contributed by atoms with Crippen molar-refractivity contribution in [1.29, 1.82) is 0 Å². The Hall–Kier alpha value is -0.780. The molecule has 1 aromatic carbocycles. The average Bonchev–Trinajstić information content (AvgIpc) is 2.90. The van der Waals surface area contributed by atoms with Gasteiger partial charge in [-0.25, -0.2) is 4.39 Å². The molecule has 0 bridgehead atoms. The molecule has 1 aliphatic heterocycles. The van der Waals surface area contributed by atoms with Crippen LogP contribution in [0.4, 0.5) is 4.39 Å². The lowest BCUT2D eigenvalue weighted by Crippen LogP contribution is -2.42. The number of halogens is 1. The summed E-state index contributed by atoms with van der Waals surface area (Å²) in [6, 6.07) is 5.31. The number of nitrogens with one attached hydrogen (secondary N) is 1. The van der Waals surface area contributed by atoms with Gasteiger partial charge in [-0.3, -0.25) is 11.3 Å². The third kappa shape index (κ3) is 3.16. The van der Waals surface area contributed by atoms with Crippen LogP contribution in [-0.4, -0.2) is 24.7 Å². The number of hydrogen-bond acceptors (Lipinski definition) is 4. The third-order valence-corrected chi connectivity index (χ3v) is 4.61. The van der Waals surface area contributed by atoms with Gasteiger partial charge >= 0.3 is 0 Å². The Balaban J connectivity index is 2.04. The van der Waals surface area contributed by atoms with Crippen LogP contribution in [0.2, 0.25) is 0 Å². The van der Waals surface area contributed by atoms with Crippen LogP contribution < -0.4 is 16.0 Å². The van der Waals surface area contributed by atoms with E-state index >= 15 is 0 Å². The monoisotopic (exact) mass is 270 g/mol. The maximum Gasteiger partial charge on any atom is 0.165 e. The lowest BCUT2D eigenvalue weighted by Gasteiger charge is -2.22. The van der Waals surface area contributed by atoms with E-state index in [1.807, 2.05) is 17.8 Å². The normalized spacial score (nSPS) is 20.9. The maximum atomic E-state index is 13.6. The molecule has 100 valence electrons. The molecule has 1 aliphatic rings. The Morgan fingerprint density at radius 3 is 3.00 bits per heavy atom. The van der Waals surface area contributed by atoms with Crippen LogP contribution in [0.25, 0.3) is 0 Å². The van der Waals surface area contributed by atoms with Crippen LogP contribution >= 0.6 is 11.8 Å². The first-order valence-corrected chi connectivity index (χ1v) is 7.26. The number of methoxy groups -OCH3 is 1. The molecule has 2 atom stereocenters. The molecule has 0 aliphatic carbocycles. The molecule has 3 N–H and O–H groups in total. The molecule has 0 saturated carbocycles.